The average molecular weight is 665 g/mol. The molecule has 47 heavy (non-hydrogen) atoms. The zero-order chi connectivity index (χ0) is 32.6. The van der Waals surface area contributed by atoms with Gasteiger partial charge in [0.1, 0.15) is 18.5 Å². The Morgan fingerprint density at radius 3 is 2.38 bits per heavy atom. The number of nitrogens with zero attached hydrogens (tertiary/aromatic N) is 5. The van der Waals surface area contributed by atoms with E-state index in [2.05, 4.69) is 31.4 Å². The number of hydrogen-bond acceptors (Lipinski definition) is 8. The average Bonchev–Trinajstić information content (AvgIpc) is 3.63. The minimum absolute atomic E-state index is 0.0796. The predicted molar refractivity (Wildman–Crippen MR) is 176 cm³/mol. The van der Waals surface area contributed by atoms with Crippen molar-refractivity contribution in [3.05, 3.63) is 72.6 Å². The number of sulfone groups is 1. The molecule has 0 spiro atoms. The van der Waals surface area contributed by atoms with E-state index in [0.29, 0.717) is 17.4 Å². The van der Waals surface area contributed by atoms with E-state index in [4.69, 9.17) is 4.74 Å². The monoisotopic (exact) mass is 664 g/mol. The molecule has 2 aliphatic carbocycles. The molecule has 10 nitrogen and oxygen atoms in total. The molecule has 4 aliphatic rings. The van der Waals surface area contributed by atoms with E-state index in [9.17, 15) is 17.6 Å². The number of amides is 1. The number of alkyl carbamates (subject to hydrolysis) is 1. The van der Waals surface area contributed by atoms with Crippen LogP contribution < -0.4 is 10.2 Å². The fourth-order valence-electron chi connectivity index (χ4n) is 8.74. The smallest absolute Gasteiger partial charge is 0.407 e. The number of ether oxygens (including phenoxy) is 1. The van der Waals surface area contributed by atoms with Crippen molar-refractivity contribution in [2.75, 3.05) is 44.7 Å². The first-order chi connectivity index (χ1) is 22.8. The summed E-state index contributed by atoms with van der Waals surface area (Å²) in [6, 6.07) is 14.4. The van der Waals surface area contributed by atoms with Crippen LogP contribution in [0.1, 0.15) is 50.5 Å². The van der Waals surface area contributed by atoms with E-state index in [1.807, 2.05) is 16.7 Å². The number of hydrogen-bond donors (Lipinski definition) is 1. The molecule has 12 heteroatoms. The SMILES string of the molecule is COC(=O)N[C@H]1CCC[C@@H]1[C@](Cn1cnnc1)(c1cccc(F)c1)C1CCN(CC2CN(c3ccc(S(=O)(=O)C4CC4)cc3)C2)CC1. The Balaban J connectivity index is 1.05. The zero-order valence-corrected chi connectivity index (χ0v) is 27.8. The summed E-state index contributed by atoms with van der Waals surface area (Å²) in [5.74, 6) is 0.650. The van der Waals surface area contributed by atoms with Crippen molar-refractivity contribution in [1.82, 2.24) is 25.0 Å². The molecule has 2 saturated carbocycles. The van der Waals surface area contributed by atoms with Crippen LogP contribution in [0.15, 0.2) is 66.1 Å². The van der Waals surface area contributed by atoms with Gasteiger partial charge < -0.3 is 24.4 Å². The molecule has 3 heterocycles. The van der Waals surface area contributed by atoms with Crippen LogP contribution in [0.4, 0.5) is 14.9 Å². The highest BCUT2D eigenvalue weighted by atomic mass is 32.2. The molecular formula is C35H45FN6O4S. The maximum atomic E-state index is 14.9. The molecule has 1 N–H and O–H groups in total. The van der Waals surface area contributed by atoms with Gasteiger partial charge in [-0.2, -0.15) is 0 Å². The maximum absolute atomic E-state index is 14.9. The fourth-order valence-corrected chi connectivity index (χ4v) is 10.4. The van der Waals surface area contributed by atoms with Crippen LogP contribution in [-0.4, -0.2) is 85.3 Å². The third kappa shape index (κ3) is 6.50. The number of anilines is 1. The van der Waals surface area contributed by atoms with Crippen LogP contribution >= 0.6 is 0 Å². The maximum Gasteiger partial charge on any atom is 0.407 e. The lowest BCUT2D eigenvalue weighted by molar-refractivity contribution is 0.0546. The first-order valence-electron chi connectivity index (χ1n) is 17.0. The summed E-state index contributed by atoms with van der Waals surface area (Å²) in [5.41, 5.74) is 1.61. The number of aromatic nitrogens is 3. The number of methoxy groups -OCH3 is 1. The van der Waals surface area contributed by atoms with Crippen molar-refractivity contribution in [3.63, 3.8) is 0 Å². The Bertz CT molecular complexity index is 1640. The molecule has 0 unspecified atom stereocenters. The first-order valence-corrected chi connectivity index (χ1v) is 18.5. The van der Waals surface area contributed by atoms with Gasteiger partial charge in [0.15, 0.2) is 9.84 Å². The van der Waals surface area contributed by atoms with Gasteiger partial charge >= 0.3 is 6.09 Å². The molecule has 3 aromatic rings. The standard InChI is InChI=1S/C35H45FN6O4S/c1-46-34(43)39-33-7-3-6-32(33)35(22-41-23-37-38-24-41,27-4-2-5-28(36)18-27)26-14-16-40(17-15-26)19-25-20-42(21-25)29-8-10-30(11-9-29)47(44,45)31-12-13-31/h2,4-5,8-11,18,23-26,31-33H,3,6-7,12-17,19-22H2,1H3,(H,39,43)/t32-,33-,35-/m0/s1. The van der Waals surface area contributed by atoms with Gasteiger partial charge in [0, 0.05) is 49.2 Å². The van der Waals surface area contributed by atoms with Gasteiger partial charge in [-0.15, -0.1) is 10.2 Å². The largest absolute Gasteiger partial charge is 0.453 e. The normalized spacial score (nSPS) is 24.1. The van der Waals surface area contributed by atoms with Crippen LogP contribution in [0.3, 0.4) is 0 Å². The molecule has 3 atom stereocenters. The van der Waals surface area contributed by atoms with Crippen LogP contribution in [-0.2, 0) is 26.5 Å². The number of rotatable bonds is 11. The highest BCUT2D eigenvalue weighted by Gasteiger charge is 2.52. The van der Waals surface area contributed by atoms with Crippen LogP contribution in [0.2, 0.25) is 0 Å². The Labute approximate surface area is 276 Å². The van der Waals surface area contributed by atoms with Gasteiger partial charge in [-0.05, 0) is 105 Å². The van der Waals surface area contributed by atoms with E-state index < -0.39 is 21.3 Å². The van der Waals surface area contributed by atoms with E-state index in [1.165, 1.54) is 13.2 Å². The van der Waals surface area contributed by atoms with Crippen molar-refractivity contribution < 1.29 is 22.3 Å². The minimum Gasteiger partial charge on any atom is -0.453 e. The Morgan fingerprint density at radius 1 is 1.00 bits per heavy atom. The second kappa shape index (κ2) is 13.2. The molecule has 0 bridgehead atoms. The number of carbonyl (C=O) groups excluding carboxylic acids is 1. The number of likely N-dealkylation sites (tertiary alicyclic amines) is 1. The lowest BCUT2D eigenvalue weighted by Crippen LogP contribution is -2.56. The molecule has 7 rings (SSSR count). The molecule has 1 amide bonds. The number of nitrogens with one attached hydrogen (secondary N) is 1. The molecule has 4 fully saturated rings. The van der Waals surface area contributed by atoms with Crippen molar-refractivity contribution in [3.8, 4) is 0 Å². The Morgan fingerprint density at radius 2 is 1.72 bits per heavy atom. The van der Waals surface area contributed by atoms with Gasteiger partial charge in [0.2, 0.25) is 0 Å². The number of piperidine rings is 1. The summed E-state index contributed by atoms with van der Waals surface area (Å²) in [5, 5.41) is 11.1. The Kier molecular flexibility index (Phi) is 8.99. The molecule has 252 valence electrons. The third-order valence-electron chi connectivity index (χ3n) is 11.2. The third-order valence-corrected chi connectivity index (χ3v) is 13.5. The summed E-state index contributed by atoms with van der Waals surface area (Å²) in [4.78, 5) is 17.8. The highest BCUT2D eigenvalue weighted by Crippen LogP contribution is 2.51. The quantitative estimate of drug-likeness (QED) is 0.315. The fraction of sp³-hybridized carbons (Fsp3) is 0.571. The van der Waals surface area contributed by atoms with Gasteiger partial charge in [-0.1, -0.05) is 18.6 Å². The summed E-state index contributed by atoms with van der Waals surface area (Å²) in [6.45, 7) is 5.45. The van der Waals surface area contributed by atoms with Gasteiger partial charge in [0.25, 0.3) is 0 Å². The van der Waals surface area contributed by atoms with Gasteiger partial charge in [-0.3, -0.25) is 0 Å². The summed E-state index contributed by atoms with van der Waals surface area (Å²) >= 11 is 0. The van der Waals surface area contributed by atoms with E-state index >= 15 is 0 Å². The van der Waals surface area contributed by atoms with Crippen molar-refractivity contribution in [1.29, 1.82) is 0 Å². The summed E-state index contributed by atoms with van der Waals surface area (Å²) < 4.78 is 47.1. The lowest BCUT2D eigenvalue weighted by Gasteiger charge is -2.51. The second-order valence-corrected chi connectivity index (χ2v) is 16.3. The van der Waals surface area contributed by atoms with Crippen molar-refractivity contribution in [2.45, 2.75) is 73.1 Å². The highest BCUT2D eigenvalue weighted by molar-refractivity contribution is 7.92. The number of carbonyl (C=O) groups is 1. The first kappa shape index (κ1) is 32.1. The zero-order valence-electron chi connectivity index (χ0n) is 27.0. The van der Waals surface area contributed by atoms with Crippen LogP contribution in [0.25, 0.3) is 0 Å². The van der Waals surface area contributed by atoms with Crippen molar-refractivity contribution >= 4 is 21.6 Å². The summed E-state index contributed by atoms with van der Waals surface area (Å²) in [7, 11) is -1.77. The van der Waals surface area contributed by atoms with Gasteiger partial charge in [-0.25, -0.2) is 17.6 Å². The Hall–Kier alpha value is -3.51. The molecule has 1 aromatic heterocycles. The summed E-state index contributed by atoms with van der Waals surface area (Å²) in [6.07, 6.45) is 9.30. The molecule has 2 aromatic carbocycles. The van der Waals surface area contributed by atoms with Crippen LogP contribution in [0.5, 0.6) is 0 Å². The lowest BCUT2D eigenvalue weighted by atomic mass is 9.58. The van der Waals surface area contributed by atoms with Crippen LogP contribution in [0, 0.1) is 23.6 Å². The molecule has 0 radical (unpaired) electrons. The predicted octanol–water partition coefficient (Wildman–Crippen LogP) is 4.66. The second-order valence-electron chi connectivity index (χ2n) is 14.0. The number of benzene rings is 2. The topological polar surface area (TPSA) is 110 Å². The van der Waals surface area contributed by atoms with Gasteiger partial charge in [0.05, 0.1) is 17.3 Å². The van der Waals surface area contributed by atoms with Crippen molar-refractivity contribution in [2.24, 2.45) is 17.8 Å². The molecular weight excluding hydrogens is 619 g/mol. The molecule has 2 aliphatic heterocycles. The van der Waals surface area contributed by atoms with E-state index in [-0.39, 0.29) is 28.9 Å². The van der Waals surface area contributed by atoms with E-state index in [0.717, 1.165) is 88.9 Å². The van der Waals surface area contributed by atoms with E-state index in [1.54, 1.807) is 36.9 Å². The minimum atomic E-state index is -3.17. The number of halogens is 1. The molecule has 2 saturated heterocycles.